The number of rotatable bonds is 6. The van der Waals surface area contributed by atoms with Crippen LogP contribution in [-0.2, 0) is 6.42 Å². The summed E-state index contributed by atoms with van der Waals surface area (Å²) in [5.74, 6) is 1.01. The summed E-state index contributed by atoms with van der Waals surface area (Å²) in [7, 11) is 0. The first-order chi connectivity index (χ1) is 16.1. The van der Waals surface area contributed by atoms with Crippen molar-refractivity contribution in [2.45, 2.75) is 24.7 Å². The van der Waals surface area contributed by atoms with Crippen molar-refractivity contribution in [3.05, 3.63) is 101 Å². The van der Waals surface area contributed by atoms with E-state index in [0.29, 0.717) is 18.2 Å². The van der Waals surface area contributed by atoms with Gasteiger partial charge in [0, 0.05) is 43.4 Å². The van der Waals surface area contributed by atoms with Gasteiger partial charge in [0.15, 0.2) is 0 Å². The van der Waals surface area contributed by atoms with Gasteiger partial charge in [0.2, 0.25) is 0 Å². The van der Waals surface area contributed by atoms with Gasteiger partial charge in [-0.2, -0.15) is 0 Å². The van der Waals surface area contributed by atoms with Crippen LogP contribution < -0.4 is 5.73 Å². The number of benzene rings is 2. The Kier molecular flexibility index (Phi) is 6.14. The minimum Gasteiger partial charge on any atom is -0.508 e. The second kappa shape index (κ2) is 9.36. The molecule has 2 aromatic carbocycles. The number of nitrogens with two attached hydrogens (primary N) is 1. The number of aryl methyl sites for hydroxylation is 1. The van der Waals surface area contributed by atoms with Crippen LogP contribution in [0.25, 0.3) is 6.08 Å². The van der Waals surface area contributed by atoms with E-state index in [4.69, 9.17) is 10.7 Å². The van der Waals surface area contributed by atoms with Crippen molar-refractivity contribution in [2.24, 2.45) is 11.7 Å². The van der Waals surface area contributed by atoms with E-state index in [1.807, 2.05) is 24.4 Å². The average molecular weight is 444 g/mol. The van der Waals surface area contributed by atoms with Gasteiger partial charge in [0.25, 0.3) is 0 Å². The van der Waals surface area contributed by atoms with Crippen LogP contribution in [0.3, 0.4) is 0 Å². The standard InChI is InChI=1S/C28H30FN3O/c29-14-19-16-32(17-19)18-23(30)13-24-8-6-22(15-31-24)28-26(20-4-2-1-3-5-20)10-7-21-12-25(33)9-11-27(21)28/h1-6,8-9,11-13,15,19,26,28,33H,7,10,14,16-18,30H2/b23-13-. The van der Waals surface area contributed by atoms with Gasteiger partial charge in [0.05, 0.1) is 12.4 Å². The lowest BCUT2D eigenvalue weighted by molar-refractivity contribution is 0.0910. The number of hydrogen-bond donors (Lipinski definition) is 2. The van der Waals surface area contributed by atoms with Crippen molar-refractivity contribution in [2.75, 3.05) is 26.3 Å². The summed E-state index contributed by atoms with van der Waals surface area (Å²) in [6, 6.07) is 20.6. The highest BCUT2D eigenvalue weighted by Gasteiger charge is 2.32. The van der Waals surface area contributed by atoms with Gasteiger partial charge < -0.3 is 10.8 Å². The highest BCUT2D eigenvalue weighted by atomic mass is 19.1. The molecule has 0 bridgehead atoms. The van der Waals surface area contributed by atoms with Gasteiger partial charge in [0.1, 0.15) is 5.75 Å². The Hall–Kier alpha value is -3.18. The molecule has 2 heterocycles. The van der Waals surface area contributed by atoms with Crippen LogP contribution in [0.4, 0.5) is 4.39 Å². The van der Waals surface area contributed by atoms with E-state index >= 15 is 0 Å². The molecule has 2 aliphatic rings. The van der Waals surface area contributed by atoms with Crippen molar-refractivity contribution < 1.29 is 9.50 Å². The molecule has 5 heteroatoms. The molecule has 2 unspecified atom stereocenters. The van der Waals surface area contributed by atoms with Crippen LogP contribution in [0, 0.1) is 5.92 Å². The number of fused-ring (bicyclic) bond motifs is 1. The summed E-state index contributed by atoms with van der Waals surface area (Å²) in [5.41, 5.74) is 12.8. The first kappa shape index (κ1) is 21.7. The third-order valence-corrected chi connectivity index (χ3v) is 6.98. The molecule has 1 aromatic heterocycles. The summed E-state index contributed by atoms with van der Waals surface area (Å²) in [6.07, 6.45) is 5.85. The Labute approximate surface area is 194 Å². The zero-order valence-corrected chi connectivity index (χ0v) is 18.7. The molecule has 2 atom stereocenters. The number of pyridine rings is 1. The SMILES string of the molecule is N/C(=C\c1ccc(C2c3ccc(O)cc3CCC2c2ccccc2)cn1)CN1CC(CF)C1. The number of likely N-dealkylation sites (tertiary alicyclic amines) is 1. The molecule has 3 aromatic rings. The van der Waals surface area contributed by atoms with Crippen LogP contribution in [0.1, 0.15) is 46.2 Å². The van der Waals surface area contributed by atoms with E-state index < -0.39 is 0 Å². The predicted molar refractivity (Wildman–Crippen MR) is 130 cm³/mol. The molecule has 33 heavy (non-hydrogen) atoms. The summed E-state index contributed by atoms with van der Waals surface area (Å²) < 4.78 is 12.6. The van der Waals surface area contributed by atoms with Crippen LogP contribution in [0.2, 0.25) is 0 Å². The Morgan fingerprint density at radius 3 is 2.64 bits per heavy atom. The molecule has 5 rings (SSSR count). The Morgan fingerprint density at radius 1 is 1.09 bits per heavy atom. The van der Waals surface area contributed by atoms with Crippen molar-refractivity contribution in [1.82, 2.24) is 9.88 Å². The molecule has 1 aliphatic heterocycles. The number of phenolic OH excluding ortho intramolecular Hbond substituents is 1. The molecule has 3 N–H and O–H groups in total. The first-order valence-corrected chi connectivity index (χ1v) is 11.7. The van der Waals surface area contributed by atoms with Crippen molar-refractivity contribution >= 4 is 6.08 Å². The molecule has 0 radical (unpaired) electrons. The van der Waals surface area contributed by atoms with Crippen LogP contribution in [-0.4, -0.2) is 41.3 Å². The first-order valence-electron chi connectivity index (χ1n) is 11.7. The quantitative estimate of drug-likeness (QED) is 0.572. The van der Waals surface area contributed by atoms with Gasteiger partial charge in [-0.1, -0.05) is 42.5 Å². The van der Waals surface area contributed by atoms with E-state index in [2.05, 4.69) is 47.4 Å². The number of phenols is 1. The van der Waals surface area contributed by atoms with E-state index in [0.717, 1.165) is 37.3 Å². The monoisotopic (exact) mass is 443 g/mol. The average Bonchev–Trinajstić information content (AvgIpc) is 2.81. The molecular formula is C28H30FN3O. The van der Waals surface area contributed by atoms with E-state index in [1.54, 1.807) is 6.07 Å². The molecule has 0 saturated carbocycles. The van der Waals surface area contributed by atoms with Gasteiger partial charge in [-0.05, 0) is 65.3 Å². The lowest BCUT2D eigenvalue weighted by atomic mass is 9.69. The van der Waals surface area contributed by atoms with Gasteiger partial charge in [-0.15, -0.1) is 0 Å². The zero-order valence-electron chi connectivity index (χ0n) is 18.7. The number of aromatic nitrogens is 1. The van der Waals surface area contributed by atoms with E-state index in [9.17, 15) is 9.50 Å². The molecule has 0 spiro atoms. The zero-order chi connectivity index (χ0) is 22.8. The Bertz CT molecular complexity index is 1120. The van der Waals surface area contributed by atoms with Crippen LogP contribution in [0.5, 0.6) is 5.75 Å². The molecule has 1 aliphatic carbocycles. The maximum absolute atomic E-state index is 12.6. The van der Waals surface area contributed by atoms with Gasteiger partial charge in [-0.25, -0.2) is 0 Å². The van der Waals surface area contributed by atoms with Crippen LogP contribution >= 0.6 is 0 Å². The van der Waals surface area contributed by atoms with Gasteiger partial charge in [-0.3, -0.25) is 14.3 Å². The second-order valence-electron chi connectivity index (χ2n) is 9.37. The lowest BCUT2D eigenvalue weighted by Crippen LogP contribution is -2.48. The van der Waals surface area contributed by atoms with Crippen molar-refractivity contribution in [3.8, 4) is 5.75 Å². The lowest BCUT2D eigenvalue weighted by Gasteiger charge is -2.37. The molecular weight excluding hydrogens is 413 g/mol. The smallest absolute Gasteiger partial charge is 0.115 e. The molecule has 170 valence electrons. The number of alkyl halides is 1. The number of hydrogen-bond acceptors (Lipinski definition) is 4. The van der Waals surface area contributed by atoms with Gasteiger partial charge >= 0.3 is 0 Å². The summed E-state index contributed by atoms with van der Waals surface area (Å²) >= 11 is 0. The number of aromatic hydroxyl groups is 1. The highest BCUT2D eigenvalue weighted by Crippen LogP contribution is 2.46. The van der Waals surface area contributed by atoms with Crippen molar-refractivity contribution in [3.63, 3.8) is 0 Å². The normalized spacial score (nSPS) is 21.4. The summed E-state index contributed by atoms with van der Waals surface area (Å²) in [4.78, 5) is 6.87. The molecule has 1 fully saturated rings. The fourth-order valence-electron chi connectivity index (χ4n) is 5.36. The van der Waals surface area contributed by atoms with E-state index in [1.165, 1.54) is 22.3 Å². The molecule has 0 amide bonds. The van der Waals surface area contributed by atoms with Crippen LogP contribution in [0.15, 0.2) is 72.6 Å². The maximum atomic E-state index is 12.6. The fraction of sp³-hybridized carbons (Fsp3) is 0.321. The number of halogens is 1. The Morgan fingerprint density at radius 2 is 1.91 bits per heavy atom. The summed E-state index contributed by atoms with van der Waals surface area (Å²) in [5, 5.41) is 10.0. The number of nitrogens with zero attached hydrogens (tertiary/aromatic N) is 2. The topological polar surface area (TPSA) is 62.4 Å². The molecule has 4 nitrogen and oxygen atoms in total. The Balaban J connectivity index is 1.40. The van der Waals surface area contributed by atoms with E-state index in [-0.39, 0.29) is 18.5 Å². The third-order valence-electron chi connectivity index (χ3n) is 6.98. The van der Waals surface area contributed by atoms with Crippen molar-refractivity contribution in [1.29, 1.82) is 0 Å². The maximum Gasteiger partial charge on any atom is 0.115 e. The fourth-order valence-corrected chi connectivity index (χ4v) is 5.36. The minimum absolute atomic E-state index is 0.160. The second-order valence-corrected chi connectivity index (χ2v) is 9.37. The minimum atomic E-state index is -0.253. The summed E-state index contributed by atoms with van der Waals surface area (Å²) in [6.45, 7) is 1.94. The molecule has 1 saturated heterocycles. The highest BCUT2D eigenvalue weighted by molar-refractivity contribution is 5.51. The third kappa shape index (κ3) is 4.64. The predicted octanol–water partition coefficient (Wildman–Crippen LogP) is 4.85. The largest absolute Gasteiger partial charge is 0.508 e.